The highest BCUT2D eigenvalue weighted by atomic mass is 19.1. The Morgan fingerprint density at radius 2 is 1.74 bits per heavy atom. The van der Waals surface area contributed by atoms with Gasteiger partial charge in [-0.25, -0.2) is 13.6 Å². The molecule has 1 aliphatic heterocycles. The molecule has 142 valence electrons. The lowest BCUT2D eigenvalue weighted by molar-refractivity contribution is 0.0996. The van der Waals surface area contributed by atoms with Crippen LogP contribution in [0.5, 0.6) is 0 Å². The number of carbonyl (C=O) groups is 2. The molecule has 27 heavy (non-hydrogen) atoms. The number of nitrogens with two attached hydrogens (primary N) is 1. The standard InChI is InChI=1S/C19H20F2N4O2/c20-15-11-16(21)17(10-14(15)18(22)26)24-19(27)25(12-4-2-1-3-5-12)13-6-8-23-9-7-13/h1-5,10-11,13,23H,6-9H2,(H2,22,26)(H,24,27). The Balaban J connectivity index is 1.91. The molecule has 4 N–H and O–H groups in total. The molecule has 0 bridgehead atoms. The van der Waals surface area contributed by atoms with Crippen LogP contribution in [-0.2, 0) is 0 Å². The number of hydrogen-bond acceptors (Lipinski definition) is 3. The summed E-state index contributed by atoms with van der Waals surface area (Å²) in [6, 6.07) is 9.84. The molecule has 0 radical (unpaired) electrons. The van der Waals surface area contributed by atoms with Crippen molar-refractivity contribution in [3.63, 3.8) is 0 Å². The predicted octanol–water partition coefficient (Wildman–Crippen LogP) is 2.85. The molecular formula is C19H20F2N4O2. The van der Waals surface area contributed by atoms with E-state index in [1.165, 1.54) is 0 Å². The van der Waals surface area contributed by atoms with Crippen molar-refractivity contribution >= 4 is 23.3 Å². The molecule has 0 saturated carbocycles. The van der Waals surface area contributed by atoms with E-state index in [4.69, 9.17) is 5.73 Å². The van der Waals surface area contributed by atoms with E-state index in [9.17, 15) is 18.4 Å². The van der Waals surface area contributed by atoms with Crippen LogP contribution in [0.4, 0.5) is 25.0 Å². The van der Waals surface area contributed by atoms with Crippen LogP contribution in [0.3, 0.4) is 0 Å². The van der Waals surface area contributed by atoms with Crippen LogP contribution < -0.4 is 21.3 Å². The number of nitrogens with zero attached hydrogens (tertiary/aromatic N) is 1. The molecule has 0 unspecified atom stereocenters. The normalized spacial score (nSPS) is 14.6. The van der Waals surface area contributed by atoms with Crippen molar-refractivity contribution in [2.24, 2.45) is 5.73 Å². The van der Waals surface area contributed by atoms with Gasteiger partial charge in [0.15, 0.2) is 0 Å². The van der Waals surface area contributed by atoms with E-state index >= 15 is 0 Å². The Morgan fingerprint density at radius 3 is 2.37 bits per heavy atom. The Kier molecular flexibility index (Phi) is 5.66. The van der Waals surface area contributed by atoms with Gasteiger partial charge in [0, 0.05) is 17.8 Å². The lowest BCUT2D eigenvalue weighted by Gasteiger charge is -2.34. The Hall–Kier alpha value is -3.00. The summed E-state index contributed by atoms with van der Waals surface area (Å²) < 4.78 is 27.8. The van der Waals surface area contributed by atoms with Crippen LogP contribution in [0.15, 0.2) is 42.5 Å². The molecule has 1 saturated heterocycles. The highest BCUT2D eigenvalue weighted by Crippen LogP contribution is 2.25. The first-order chi connectivity index (χ1) is 13.0. The van der Waals surface area contributed by atoms with Gasteiger partial charge in [0.1, 0.15) is 11.6 Å². The third-order valence-corrected chi connectivity index (χ3v) is 4.49. The zero-order valence-corrected chi connectivity index (χ0v) is 14.5. The summed E-state index contributed by atoms with van der Waals surface area (Å²) in [5.74, 6) is -3.10. The van der Waals surface area contributed by atoms with E-state index in [0.29, 0.717) is 11.8 Å². The Labute approximate surface area is 155 Å². The molecule has 0 atom stereocenters. The summed E-state index contributed by atoms with van der Waals surface area (Å²) in [4.78, 5) is 25.8. The van der Waals surface area contributed by atoms with Gasteiger partial charge in [0.2, 0.25) is 0 Å². The summed E-state index contributed by atoms with van der Waals surface area (Å²) in [5, 5.41) is 5.68. The zero-order valence-electron chi connectivity index (χ0n) is 14.5. The fourth-order valence-electron chi connectivity index (χ4n) is 3.16. The van der Waals surface area contributed by atoms with E-state index in [1.54, 1.807) is 29.2 Å². The van der Waals surface area contributed by atoms with Crippen molar-refractivity contribution in [2.45, 2.75) is 18.9 Å². The number of nitrogens with one attached hydrogen (secondary N) is 2. The van der Waals surface area contributed by atoms with Crippen molar-refractivity contribution in [1.82, 2.24) is 5.32 Å². The van der Waals surface area contributed by atoms with E-state index in [-0.39, 0.29) is 11.7 Å². The van der Waals surface area contributed by atoms with Gasteiger partial charge in [0.25, 0.3) is 5.91 Å². The van der Waals surface area contributed by atoms with E-state index in [2.05, 4.69) is 10.6 Å². The summed E-state index contributed by atoms with van der Waals surface area (Å²) in [7, 11) is 0. The SMILES string of the molecule is NC(=O)c1cc(NC(=O)N(c2ccccc2)C2CCNCC2)c(F)cc1F. The third kappa shape index (κ3) is 4.22. The smallest absolute Gasteiger partial charge is 0.326 e. The maximum Gasteiger partial charge on any atom is 0.326 e. The number of carbonyl (C=O) groups excluding carboxylic acids is 2. The minimum absolute atomic E-state index is 0.0761. The molecule has 0 aliphatic carbocycles. The van der Waals surface area contributed by atoms with Crippen molar-refractivity contribution in [3.8, 4) is 0 Å². The number of amides is 3. The van der Waals surface area contributed by atoms with Gasteiger partial charge in [-0.05, 0) is 44.1 Å². The van der Waals surface area contributed by atoms with Crippen LogP contribution in [-0.4, -0.2) is 31.1 Å². The number of urea groups is 1. The minimum Gasteiger partial charge on any atom is -0.366 e. The van der Waals surface area contributed by atoms with Crippen LogP contribution in [0.1, 0.15) is 23.2 Å². The Bertz CT molecular complexity index is 839. The second-order valence-corrected chi connectivity index (χ2v) is 6.29. The van der Waals surface area contributed by atoms with Crippen LogP contribution >= 0.6 is 0 Å². The van der Waals surface area contributed by atoms with Gasteiger partial charge in [0.05, 0.1) is 11.3 Å². The molecular weight excluding hydrogens is 354 g/mol. The molecule has 2 aromatic carbocycles. The molecule has 1 aliphatic rings. The molecule has 0 spiro atoms. The number of anilines is 2. The second kappa shape index (κ2) is 8.13. The second-order valence-electron chi connectivity index (χ2n) is 6.29. The number of rotatable bonds is 4. The first-order valence-electron chi connectivity index (χ1n) is 8.62. The minimum atomic E-state index is -1.07. The summed E-state index contributed by atoms with van der Waals surface area (Å²) in [6.07, 6.45) is 1.47. The van der Waals surface area contributed by atoms with E-state index < -0.39 is 29.1 Å². The number of piperidine rings is 1. The third-order valence-electron chi connectivity index (χ3n) is 4.49. The summed E-state index contributed by atoms with van der Waals surface area (Å²) in [6.45, 7) is 1.52. The average Bonchev–Trinajstić information content (AvgIpc) is 2.65. The van der Waals surface area contributed by atoms with Crippen molar-refractivity contribution in [1.29, 1.82) is 0 Å². The number of halogens is 2. The number of hydrogen-bond donors (Lipinski definition) is 3. The number of primary amides is 1. The van der Waals surface area contributed by atoms with E-state index in [0.717, 1.165) is 32.0 Å². The van der Waals surface area contributed by atoms with Gasteiger partial charge in [-0.2, -0.15) is 0 Å². The predicted molar refractivity (Wildman–Crippen MR) is 98.7 cm³/mol. The fourth-order valence-corrected chi connectivity index (χ4v) is 3.16. The van der Waals surface area contributed by atoms with Gasteiger partial charge >= 0.3 is 6.03 Å². The zero-order chi connectivity index (χ0) is 19.4. The fraction of sp³-hybridized carbons (Fsp3) is 0.263. The van der Waals surface area contributed by atoms with Crippen molar-refractivity contribution in [3.05, 3.63) is 59.7 Å². The number of benzene rings is 2. The van der Waals surface area contributed by atoms with Gasteiger partial charge in [-0.15, -0.1) is 0 Å². The van der Waals surface area contributed by atoms with E-state index in [1.807, 2.05) is 6.07 Å². The summed E-state index contributed by atoms with van der Waals surface area (Å²) >= 11 is 0. The highest BCUT2D eigenvalue weighted by Gasteiger charge is 2.27. The molecule has 3 rings (SSSR count). The molecule has 1 heterocycles. The Morgan fingerprint density at radius 1 is 1.07 bits per heavy atom. The van der Waals surface area contributed by atoms with Crippen LogP contribution in [0, 0.1) is 11.6 Å². The topological polar surface area (TPSA) is 87.5 Å². The lowest BCUT2D eigenvalue weighted by Crippen LogP contribution is -2.48. The van der Waals surface area contributed by atoms with Crippen LogP contribution in [0.25, 0.3) is 0 Å². The number of para-hydroxylation sites is 1. The monoisotopic (exact) mass is 374 g/mol. The maximum absolute atomic E-state index is 14.1. The maximum atomic E-state index is 14.1. The van der Waals surface area contributed by atoms with Crippen LogP contribution in [0.2, 0.25) is 0 Å². The molecule has 2 aromatic rings. The molecule has 6 nitrogen and oxygen atoms in total. The molecule has 0 aromatic heterocycles. The highest BCUT2D eigenvalue weighted by molar-refractivity contribution is 6.03. The largest absolute Gasteiger partial charge is 0.366 e. The van der Waals surface area contributed by atoms with Gasteiger partial charge < -0.3 is 16.4 Å². The van der Waals surface area contributed by atoms with Gasteiger partial charge in [-0.3, -0.25) is 9.69 Å². The lowest BCUT2D eigenvalue weighted by atomic mass is 10.0. The molecule has 1 fully saturated rings. The first-order valence-corrected chi connectivity index (χ1v) is 8.62. The van der Waals surface area contributed by atoms with Crippen molar-refractivity contribution in [2.75, 3.05) is 23.3 Å². The molecule has 8 heteroatoms. The quantitative estimate of drug-likeness (QED) is 0.769. The average molecular weight is 374 g/mol. The van der Waals surface area contributed by atoms with Gasteiger partial charge in [-0.1, -0.05) is 18.2 Å². The first kappa shape index (κ1) is 18.8. The molecule has 3 amide bonds. The van der Waals surface area contributed by atoms with Crippen molar-refractivity contribution < 1.29 is 18.4 Å². The summed E-state index contributed by atoms with van der Waals surface area (Å²) in [5.41, 5.74) is 4.98.